The predicted octanol–water partition coefficient (Wildman–Crippen LogP) is 1.82. The van der Waals surface area contributed by atoms with Gasteiger partial charge in [-0.2, -0.15) is 11.8 Å². The van der Waals surface area contributed by atoms with Crippen molar-refractivity contribution in [1.29, 1.82) is 0 Å². The standard InChI is InChI=1S/C13H22N2O3S/c16-12(17)9-2-1-3-11(8-9)15-13(18)14-10-4-6-19-7-5-10/h9-11H,1-8H2,(H,16,17)(H2,14,15,18). The van der Waals surface area contributed by atoms with Gasteiger partial charge in [-0.25, -0.2) is 4.79 Å². The minimum atomic E-state index is -0.740. The van der Waals surface area contributed by atoms with E-state index in [0.29, 0.717) is 6.42 Å². The molecule has 0 aromatic rings. The molecule has 2 aliphatic rings. The van der Waals surface area contributed by atoms with Crippen molar-refractivity contribution in [2.75, 3.05) is 11.5 Å². The lowest BCUT2D eigenvalue weighted by molar-refractivity contribution is -0.143. The van der Waals surface area contributed by atoms with Crippen LogP contribution in [0.4, 0.5) is 4.79 Å². The largest absolute Gasteiger partial charge is 0.481 e. The molecule has 0 bridgehead atoms. The van der Waals surface area contributed by atoms with E-state index in [1.165, 1.54) is 0 Å². The molecular formula is C13H22N2O3S. The van der Waals surface area contributed by atoms with Crippen LogP contribution in [0, 0.1) is 5.92 Å². The molecule has 2 unspecified atom stereocenters. The van der Waals surface area contributed by atoms with Crippen LogP contribution >= 0.6 is 11.8 Å². The fraction of sp³-hybridized carbons (Fsp3) is 0.846. The molecule has 0 spiro atoms. The number of urea groups is 1. The fourth-order valence-electron chi connectivity index (χ4n) is 2.80. The van der Waals surface area contributed by atoms with Crippen LogP contribution in [0.2, 0.25) is 0 Å². The van der Waals surface area contributed by atoms with Crippen LogP contribution in [0.3, 0.4) is 0 Å². The second-order valence-electron chi connectivity index (χ2n) is 5.40. The third kappa shape index (κ3) is 4.60. The zero-order valence-corrected chi connectivity index (χ0v) is 11.9. The zero-order valence-electron chi connectivity index (χ0n) is 11.1. The Kier molecular flexibility index (Phi) is 5.36. The topological polar surface area (TPSA) is 78.4 Å². The summed E-state index contributed by atoms with van der Waals surface area (Å²) in [5, 5.41) is 15.0. The highest BCUT2D eigenvalue weighted by Crippen LogP contribution is 2.24. The first-order chi connectivity index (χ1) is 9.15. The van der Waals surface area contributed by atoms with Crippen molar-refractivity contribution in [2.45, 2.75) is 50.6 Å². The third-order valence-corrected chi connectivity index (χ3v) is 4.96. The van der Waals surface area contributed by atoms with Crippen LogP contribution in [-0.4, -0.2) is 40.7 Å². The Morgan fingerprint density at radius 1 is 1.00 bits per heavy atom. The number of amides is 2. The van der Waals surface area contributed by atoms with Gasteiger partial charge in [0.05, 0.1) is 5.92 Å². The second-order valence-corrected chi connectivity index (χ2v) is 6.63. The van der Waals surface area contributed by atoms with E-state index < -0.39 is 5.97 Å². The molecule has 0 radical (unpaired) electrons. The summed E-state index contributed by atoms with van der Waals surface area (Å²) < 4.78 is 0. The molecule has 1 saturated heterocycles. The molecule has 1 aliphatic heterocycles. The quantitative estimate of drug-likeness (QED) is 0.739. The fourth-order valence-corrected chi connectivity index (χ4v) is 3.91. The summed E-state index contributed by atoms with van der Waals surface area (Å²) in [5.41, 5.74) is 0. The molecule has 19 heavy (non-hydrogen) atoms. The van der Waals surface area contributed by atoms with Crippen LogP contribution in [0.15, 0.2) is 0 Å². The summed E-state index contributed by atoms with van der Waals surface area (Å²) in [6.07, 6.45) is 5.11. The van der Waals surface area contributed by atoms with Crippen molar-refractivity contribution in [3.05, 3.63) is 0 Å². The number of carbonyl (C=O) groups excluding carboxylic acids is 1. The SMILES string of the molecule is O=C(NC1CCSCC1)NC1CCCC(C(=O)O)C1. The molecule has 2 fully saturated rings. The van der Waals surface area contributed by atoms with E-state index in [-0.39, 0.29) is 24.0 Å². The lowest BCUT2D eigenvalue weighted by atomic mass is 9.86. The Labute approximate surface area is 117 Å². The Morgan fingerprint density at radius 3 is 2.37 bits per heavy atom. The summed E-state index contributed by atoms with van der Waals surface area (Å²) in [5.74, 6) is 1.17. The van der Waals surface area contributed by atoms with Gasteiger partial charge in [-0.05, 0) is 43.6 Å². The summed E-state index contributed by atoms with van der Waals surface area (Å²) >= 11 is 1.93. The smallest absolute Gasteiger partial charge is 0.315 e. The second kappa shape index (κ2) is 7.03. The average Bonchev–Trinajstić information content (AvgIpc) is 2.40. The summed E-state index contributed by atoms with van der Waals surface area (Å²) in [6.45, 7) is 0. The number of hydrogen-bond acceptors (Lipinski definition) is 3. The number of hydrogen-bond donors (Lipinski definition) is 3. The molecule has 1 heterocycles. The molecule has 0 aromatic heterocycles. The summed E-state index contributed by atoms with van der Waals surface area (Å²) in [4.78, 5) is 22.9. The van der Waals surface area contributed by atoms with Crippen LogP contribution in [-0.2, 0) is 4.79 Å². The number of thioether (sulfide) groups is 1. The number of aliphatic carboxylic acids is 1. The number of carboxylic acid groups (broad SMARTS) is 1. The maximum Gasteiger partial charge on any atom is 0.315 e. The Bertz CT molecular complexity index is 332. The summed E-state index contributed by atoms with van der Waals surface area (Å²) in [7, 11) is 0. The Morgan fingerprint density at radius 2 is 1.68 bits per heavy atom. The molecule has 0 aromatic carbocycles. The number of rotatable bonds is 3. The number of carboxylic acids is 1. The van der Waals surface area contributed by atoms with Gasteiger partial charge in [-0.1, -0.05) is 6.42 Å². The van der Waals surface area contributed by atoms with E-state index in [0.717, 1.165) is 43.6 Å². The van der Waals surface area contributed by atoms with Gasteiger partial charge in [-0.15, -0.1) is 0 Å². The number of carbonyl (C=O) groups is 2. The molecule has 5 nitrogen and oxygen atoms in total. The molecule has 1 aliphatic carbocycles. The number of nitrogens with one attached hydrogen (secondary N) is 2. The maximum absolute atomic E-state index is 11.9. The van der Waals surface area contributed by atoms with Crippen molar-refractivity contribution < 1.29 is 14.7 Å². The highest BCUT2D eigenvalue weighted by molar-refractivity contribution is 7.99. The molecular weight excluding hydrogens is 264 g/mol. The molecule has 2 rings (SSSR count). The highest BCUT2D eigenvalue weighted by Gasteiger charge is 2.28. The van der Waals surface area contributed by atoms with E-state index in [1.807, 2.05) is 11.8 Å². The van der Waals surface area contributed by atoms with E-state index >= 15 is 0 Å². The van der Waals surface area contributed by atoms with E-state index in [1.54, 1.807) is 0 Å². The van der Waals surface area contributed by atoms with Crippen LogP contribution in [0.25, 0.3) is 0 Å². The van der Waals surface area contributed by atoms with Gasteiger partial charge >= 0.3 is 12.0 Å². The van der Waals surface area contributed by atoms with Crippen molar-refractivity contribution in [2.24, 2.45) is 5.92 Å². The van der Waals surface area contributed by atoms with Crippen molar-refractivity contribution >= 4 is 23.8 Å². The average molecular weight is 286 g/mol. The Hall–Kier alpha value is -0.910. The normalized spacial score (nSPS) is 28.6. The van der Waals surface area contributed by atoms with Gasteiger partial charge in [0.1, 0.15) is 0 Å². The first-order valence-electron chi connectivity index (χ1n) is 7.02. The monoisotopic (exact) mass is 286 g/mol. The molecule has 2 amide bonds. The van der Waals surface area contributed by atoms with Crippen LogP contribution in [0.5, 0.6) is 0 Å². The maximum atomic E-state index is 11.9. The van der Waals surface area contributed by atoms with Gasteiger partial charge in [0.25, 0.3) is 0 Å². The minimum absolute atomic E-state index is 0.00724. The minimum Gasteiger partial charge on any atom is -0.481 e. The Balaban J connectivity index is 1.73. The molecule has 2 atom stereocenters. The zero-order chi connectivity index (χ0) is 13.7. The molecule has 1 saturated carbocycles. The van der Waals surface area contributed by atoms with Gasteiger partial charge < -0.3 is 15.7 Å². The third-order valence-electron chi connectivity index (χ3n) is 3.92. The van der Waals surface area contributed by atoms with E-state index in [4.69, 9.17) is 5.11 Å². The van der Waals surface area contributed by atoms with Gasteiger partial charge in [-0.3, -0.25) is 4.79 Å². The van der Waals surface area contributed by atoms with Crippen molar-refractivity contribution in [1.82, 2.24) is 10.6 Å². The molecule has 108 valence electrons. The van der Waals surface area contributed by atoms with E-state index in [2.05, 4.69) is 10.6 Å². The van der Waals surface area contributed by atoms with Gasteiger partial charge in [0.15, 0.2) is 0 Å². The lowest BCUT2D eigenvalue weighted by Crippen LogP contribution is -2.48. The van der Waals surface area contributed by atoms with E-state index in [9.17, 15) is 9.59 Å². The molecule has 3 N–H and O–H groups in total. The first-order valence-corrected chi connectivity index (χ1v) is 8.18. The molecule has 6 heteroatoms. The predicted molar refractivity (Wildman–Crippen MR) is 75.4 cm³/mol. The first kappa shape index (κ1) is 14.5. The highest BCUT2D eigenvalue weighted by atomic mass is 32.2. The van der Waals surface area contributed by atoms with Crippen molar-refractivity contribution in [3.63, 3.8) is 0 Å². The van der Waals surface area contributed by atoms with Crippen LogP contribution in [0.1, 0.15) is 38.5 Å². The van der Waals surface area contributed by atoms with Crippen LogP contribution < -0.4 is 10.6 Å². The van der Waals surface area contributed by atoms with Gasteiger partial charge in [0.2, 0.25) is 0 Å². The summed E-state index contributed by atoms with van der Waals surface area (Å²) in [6, 6.07) is 0.154. The van der Waals surface area contributed by atoms with Crippen molar-refractivity contribution in [3.8, 4) is 0 Å². The van der Waals surface area contributed by atoms with Gasteiger partial charge in [0, 0.05) is 12.1 Å². The lowest BCUT2D eigenvalue weighted by Gasteiger charge is -2.29.